The highest BCUT2D eigenvalue weighted by Gasteiger charge is 2.11. The molecule has 0 saturated heterocycles. The first-order valence-corrected chi connectivity index (χ1v) is 7.15. The van der Waals surface area contributed by atoms with E-state index in [-0.39, 0.29) is 23.0 Å². The molecule has 0 radical (unpaired) electrons. The SMILES string of the molecule is O=C(NCc1cn2cc(Cl)ccc2n1)c1ccc(F)cc1Cl. The van der Waals surface area contributed by atoms with Gasteiger partial charge in [-0.3, -0.25) is 4.79 Å². The molecule has 112 valence electrons. The second kappa shape index (κ2) is 5.94. The number of fused-ring (bicyclic) bond motifs is 1. The number of amides is 1. The van der Waals surface area contributed by atoms with Gasteiger partial charge in [0, 0.05) is 12.4 Å². The first kappa shape index (κ1) is 14.8. The molecule has 0 bridgehead atoms. The van der Waals surface area contributed by atoms with Crippen LogP contribution in [0.3, 0.4) is 0 Å². The topological polar surface area (TPSA) is 46.4 Å². The van der Waals surface area contributed by atoms with Crippen LogP contribution in [0.25, 0.3) is 5.65 Å². The summed E-state index contributed by atoms with van der Waals surface area (Å²) in [5.74, 6) is -0.876. The van der Waals surface area contributed by atoms with Crippen LogP contribution in [0.2, 0.25) is 10.0 Å². The number of hydrogen-bond donors (Lipinski definition) is 1. The van der Waals surface area contributed by atoms with Crippen LogP contribution in [0.15, 0.2) is 42.7 Å². The maximum atomic E-state index is 13.0. The molecular weight excluding hydrogens is 328 g/mol. The van der Waals surface area contributed by atoms with Crippen molar-refractivity contribution in [3.05, 3.63) is 69.8 Å². The van der Waals surface area contributed by atoms with Crippen molar-refractivity contribution in [3.8, 4) is 0 Å². The first-order valence-electron chi connectivity index (χ1n) is 6.39. The van der Waals surface area contributed by atoms with Gasteiger partial charge in [0.1, 0.15) is 11.5 Å². The van der Waals surface area contributed by atoms with Gasteiger partial charge in [-0.1, -0.05) is 23.2 Å². The van der Waals surface area contributed by atoms with Gasteiger partial charge in [-0.05, 0) is 30.3 Å². The minimum Gasteiger partial charge on any atom is -0.346 e. The summed E-state index contributed by atoms with van der Waals surface area (Å²) in [5.41, 5.74) is 1.62. The van der Waals surface area contributed by atoms with Crippen molar-refractivity contribution in [1.29, 1.82) is 0 Å². The molecule has 0 unspecified atom stereocenters. The first-order chi connectivity index (χ1) is 10.5. The Morgan fingerprint density at radius 3 is 2.82 bits per heavy atom. The van der Waals surface area contributed by atoms with Crippen LogP contribution in [0.5, 0.6) is 0 Å². The molecule has 1 aromatic carbocycles. The Bertz CT molecular complexity index is 863. The molecule has 0 fully saturated rings. The molecular formula is C15H10Cl2FN3O. The van der Waals surface area contributed by atoms with Crippen LogP contribution < -0.4 is 5.32 Å². The minimum atomic E-state index is -0.487. The molecule has 0 aliphatic heterocycles. The summed E-state index contributed by atoms with van der Waals surface area (Å²) in [5, 5.41) is 3.36. The van der Waals surface area contributed by atoms with Gasteiger partial charge in [0.15, 0.2) is 0 Å². The second-order valence-corrected chi connectivity index (χ2v) is 5.50. The number of aromatic nitrogens is 2. The van der Waals surface area contributed by atoms with E-state index in [1.807, 2.05) is 0 Å². The van der Waals surface area contributed by atoms with Crippen LogP contribution >= 0.6 is 23.2 Å². The molecule has 0 spiro atoms. The predicted molar refractivity (Wildman–Crippen MR) is 82.8 cm³/mol. The van der Waals surface area contributed by atoms with Crippen molar-refractivity contribution >= 4 is 34.8 Å². The van der Waals surface area contributed by atoms with Gasteiger partial charge in [-0.15, -0.1) is 0 Å². The van der Waals surface area contributed by atoms with E-state index >= 15 is 0 Å². The monoisotopic (exact) mass is 337 g/mol. The number of imidazole rings is 1. The summed E-state index contributed by atoms with van der Waals surface area (Å²) in [4.78, 5) is 16.4. The van der Waals surface area contributed by atoms with E-state index in [1.165, 1.54) is 12.1 Å². The van der Waals surface area contributed by atoms with E-state index < -0.39 is 5.82 Å². The number of carbonyl (C=O) groups excluding carboxylic acids is 1. The van der Waals surface area contributed by atoms with Crippen molar-refractivity contribution in [2.24, 2.45) is 0 Å². The van der Waals surface area contributed by atoms with Crippen LogP contribution in [0, 0.1) is 5.82 Å². The molecule has 3 rings (SSSR count). The maximum Gasteiger partial charge on any atom is 0.253 e. The zero-order valence-corrected chi connectivity index (χ0v) is 12.7. The van der Waals surface area contributed by atoms with E-state index in [0.29, 0.717) is 10.7 Å². The Kier molecular flexibility index (Phi) is 4.00. The smallest absolute Gasteiger partial charge is 0.253 e. The average Bonchev–Trinajstić information content (AvgIpc) is 2.86. The van der Waals surface area contributed by atoms with E-state index in [2.05, 4.69) is 10.3 Å². The predicted octanol–water partition coefficient (Wildman–Crippen LogP) is 3.71. The number of nitrogens with one attached hydrogen (secondary N) is 1. The third kappa shape index (κ3) is 3.05. The molecule has 0 atom stereocenters. The summed E-state index contributed by atoms with van der Waals surface area (Å²) in [6.07, 6.45) is 3.50. The van der Waals surface area contributed by atoms with Crippen LogP contribution in [0.1, 0.15) is 16.1 Å². The number of hydrogen-bond acceptors (Lipinski definition) is 2. The van der Waals surface area contributed by atoms with E-state index in [9.17, 15) is 9.18 Å². The van der Waals surface area contributed by atoms with E-state index in [4.69, 9.17) is 23.2 Å². The highest BCUT2D eigenvalue weighted by molar-refractivity contribution is 6.33. The van der Waals surface area contributed by atoms with Crippen LogP contribution in [0.4, 0.5) is 4.39 Å². The summed E-state index contributed by atoms with van der Waals surface area (Å²) < 4.78 is 14.7. The van der Waals surface area contributed by atoms with Crippen molar-refractivity contribution in [3.63, 3.8) is 0 Å². The summed E-state index contributed by atoms with van der Waals surface area (Å²) in [6.45, 7) is 0.228. The van der Waals surface area contributed by atoms with Gasteiger partial charge in [0.2, 0.25) is 0 Å². The average molecular weight is 338 g/mol. The lowest BCUT2D eigenvalue weighted by Gasteiger charge is -2.05. The van der Waals surface area contributed by atoms with Crippen LogP contribution in [-0.4, -0.2) is 15.3 Å². The van der Waals surface area contributed by atoms with E-state index in [0.717, 1.165) is 11.7 Å². The molecule has 1 amide bonds. The molecule has 0 aliphatic carbocycles. The largest absolute Gasteiger partial charge is 0.346 e. The Labute approximate surface area is 135 Å². The number of carbonyl (C=O) groups is 1. The molecule has 0 saturated carbocycles. The fourth-order valence-corrected chi connectivity index (χ4v) is 2.46. The van der Waals surface area contributed by atoms with E-state index in [1.54, 1.807) is 28.9 Å². The standard InChI is InChI=1S/C15H10Cl2FN3O/c16-9-1-4-14-20-11(8-21(14)7-9)6-19-15(22)12-3-2-10(18)5-13(12)17/h1-5,7-8H,6H2,(H,19,22). The number of pyridine rings is 1. The van der Waals surface area contributed by atoms with Gasteiger partial charge in [-0.2, -0.15) is 0 Å². The van der Waals surface area contributed by atoms with Crippen molar-refractivity contribution < 1.29 is 9.18 Å². The summed E-state index contributed by atoms with van der Waals surface area (Å²) in [7, 11) is 0. The Hall–Kier alpha value is -2.11. The molecule has 7 heteroatoms. The minimum absolute atomic E-state index is 0.0688. The number of nitrogens with zero attached hydrogens (tertiary/aromatic N) is 2. The second-order valence-electron chi connectivity index (χ2n) is 4.65. The van der Waals surface area contributed by atoms with Gasteiger partial charge in [-0.25, -0.2) is 9.37 Å². The molecule has 4 nitrogen and oxygen atoms in total. The highest BCUT2D eigenvalue weighted by Crippen LogP contribution is 2.17. The van der Waals surface area contributed by atoms with Gasteiger partial charge >= 0.3 is 0 Å². The Morgan fingerprint density at radius 1 is 1.23 bits per heavy atom. The Morgan fingerprint density at radius 2 is 2.05 bits per heavy atom. The zero-order valence-electron chi connectivity index (χ0n) is 11.2. The maximum absolute atomic E-state index is 13.0. The lowest BCUT2D eigenvalue weighted by atomic mass is 10.2. The fourth-order valence-electron chi connectivity index (χ4n) is 2.04. The van der Waals surface area contributed by atoms with Crippen molar-refractivity contribution in [2.75, 3.05) is 0 Å². The highest BCUT2D eigenvalue weighted by atomic mass is 35.5. The number of rotatable bonds is 3. The quantitative estimate of drug-likeness (QED) is 0.791. The van der Waals surface area contributed by atoms with Gasteiger partial charge in [0.05, 0.1) is 27.8 Å². The summed E-state index contributed by atoms with van der Waals surface area (Å²) in [6, 6.07) is 7.16. The van der Waals surface area contributed by atoms with Gasteiger partial charge < -0.3 is 9.72 Å². The number of halogens is 3. The van der Waals surface area contributed by atoms with Gasteiger partial charge in [0.25, 0.3) is 5.91 Å². The normalized spacial score (nSPS) is 10.9. The molecule has 3 aromatic rings. The summed E-state index contributed by atoms with van der Waals surface area (Å²) >= 11 is 11.8. The lowest BCUT2D eigenvalue weighted by Crippen LogP contribution is -2.23. The third-order valence-electron chi connectivity index (χ3n) is 3.07. The third-order valence-corrected chi connectivity index (χ3v) is 3.61. The van der Waals surface area contributed by atoms with Crippen LogP contribution in [-0.2, 0) is 6.54 Å². The molecule has 2 heterocycles. The fraction of sp³-hybridized carbons (Fsp3) is 0.0667. The van der Waals surface area contributed by atoms with Crippen molar-refractivity contribution in [2.45, 2.75) is 6.54 Å². The molecule has 0 aliphatic rings. The zero-order chi connectivity index (χ0) is 15.7. The lowest BCUT2D eigenvalue weighted by molar-refractivity contribution is 0.0950. The molecule has 1 N–H and O–H groups in total. The molecule has 22 heavy (non-hydrogen) atoms. The Balaban J connectivity index is 1.74. The molecule has 2 aromatic heterocycles. The number of benzene rings is 1. The van der Waals surface area contributed by atoms with Crippen molar-refractivity contribution in [1.82, 2.24) is 14.7 Å².